The number of ether oxygens (including phenoxy) is 3. The van der Waals surface area contributed by atoms with Gasteiger partial charge in [0.2, 0.25) is 0 Å². The van der Waals surface area contributed by atoms with Gasteiger partial charge in [-0.05, 0) is 87.4 Å². The Morgan fingerprint density at radius 2 is 1.95 bits per heavy atom. The van der Waals surface area contributed by atoms with Gasteiger partial charge in [0.25, 0.3) is 0 Å². The van der Waals surface area contributed by atoms with E-state index in [-0.39, 0.29) is 18.0 Å². The van der Waals surface area contributed by atoms with E-state index < -0.39 is 17.7 Å². The highest BCUT2D eigenvalue weighted by Crippen LogP contribution is 2.31. The first-order valence-electron chi connectivity index (χ1n) is 12.7. The van der Waals surface area contributed by atoms with Gasteiger partial charge in [0.15, 0.2) is 6.10 Å². The van der Waals surface area contributed by atoms with Crippen LogP contribution in [0.15, 0.2) is 24.4 Å². The summed E-state index contributed by atoms with van der Waals surface area (Å²) in [5, 5.41) is 0. The second-order valence-corrected chi connectivity index (χ2v) is 11.7. The van der Waals surface area contributed by atoms with Gasteiger partial charge >= 0.3 is 12.1 Å². The van der Waals surface area contributed by atoms with Gasteiger partial charge in [-0.1, -0.05) is 6.92 Å². The van der Waals surface area contributed by atoms with Gasteiger partial charge in [0.1, 0.15) is 17.2 Å². The van der Waals surface area contributed by atoms with E-state index in [9.17, 15) is 14.0 Å². The van der Waals surface area contributed by atoms with E-state index in [2.05, 4.69) is 32.5 Å². The summed E-state index contributed by atoms with van der Waals surface area (Å²) in [7, 11) is 1.35. The number of nitrogens with zero attached hydrogens (tertiary/aromatic N) is 3. The first kappa shape index (κ1) is 30.1. The molecule has 2 aromatic rings. The van der Waals surface area contributed by atoms with Crippen molar-refractivity contribution in [1.29, 1.82) is 0 Å². The number of carbonyl (C=O) groups is 2. The van der Waals surface area contributed by atoms with Crippen LogP contribution >= 0.6 is 22.6 Å². The number of carbonyl (C=O) groups excluding carboxylic acids is 2. The summed E-state index contributed by atoms with van der Waals surface area (Å²) in [6, 6.07) is 4.88. The Kier molecular flexibility index (Phi) is 9.96. The maximum absolute atomic E-state index is 14.8. The molecule has 1 aliphatic rings. The highest BCUT2D eigenvalue weighted by Gasteiger charge is 2.33. The Hall–Kier alpha value is -2.47. The van der Waals surface area contributed by atoms with Crippen LogP contribution in [0, 0.1) is 16.3 Å². The van der Waals surface area contributed by atoms with E-state index in [0.717, 1.165) is 3.57 Å². The van der Waals surface area contributed by atoms with Crippen molar-refractivity contribution >= 4 is 34.7 Å². The lowest BCUT2D eigenvalue weighted by Crippen LogP contribution is -2.55. The first-order chi connectivity index (χ1) is 17.8. The van der Waals surface area contributed by atoms with Crippen molar-refractivity contribution in [3.05, 3.63) is 56.2 Å². The molecule has 2 heterocycles. The Bertz CT molecular complexity index is 1170. The Labute approximate surface area is 238 Å². The zero-order chi connectivity index (χ0) is 28.2. The average Bonchev–Trinajstić information content (AvgIpc) is 2.84. The van der Waals surface area contributed by atoms with Crippen LogP contribution in [-0.2, 0) is 15.9 Å². The van der Waals surface area contributed by atoms with Gasteiger partial charge in [-0.25, -0.2) is 14.0 Å². The van der Waals surface area contributed by atoms with E-state index in [1.54, 1.807) is 23.2 Å². The molecule has 2 atom stereocenters. The number of pyridine rings is 1. The molecule has 0 N–H and O–H groups in total. The number of hydrogen-bond acceptors (Lipinski definition) is 7. The summed E-state index contributed by atoms with van der Waals surface area (Å²) in [6.45, 7) is 13.4. The third kappa shape index (κ3) is 7.56. The highest BCUT2D eigenvalue weighted by atomic mass is 127. The van der Waals surface area contributed by atoms with Crippen molar-refractivity contribution in [3.63, 3.8) is 0 Å². The molecule has 1 aliphatic heterocycles. The highest BCUT2D eigenvalue weighted by molar-refractivity contribution is 14.1. The molecule has 1 aromatic carbocycles. The van der Waals surface area contributed by atoms with Gasteiger partial charge < -0.3 is 19.1 Å². The molecule has 1 amide bonds. The summed E-state index contributed by atoms with van der Waals surface area (Å²) < 4.78 is 32.4. The van der Waals surface area contributed by atoms with Crippen LogP contribution in [0.5, 0.6) is 5.75 Å². The molecule has 0 spiro atoms. The minimum absolute atomic E-state index is 0.0758. The second-order valence-electron chi connectivity index (χ2n) is 10.5. The number of hydrogen-bond donors (Lipinski definition) is 0. The smallest absolute Gasteiger partial charge is 0.410 e. The first-order valence-corrected chi connectivity index (χ1v) is 13.8. The van der Waals surface area contributed by atoms with Crippen LogP contribution < -0.4 is 4.74 Å². The molecule has 3 rings (SSSR count). The molecular formula is C28H37FIN3O5. The molecule has 0 saturated carbocycles. The maximum Gasteiger partial charge on any atom is 0.410 e. The number of amides is 1. The lowest BCUT2D eigenvalue weighted by Gasteiger charge is -2.41. The number of benzene rings is 1. The fraction of sp³-hybridized carbons (Fsp3) is 0.536. The fourth-order valence-corrected chi connectivity index (χ4v) is 4.95. The quantitative estimate of drug-likeness (QED) is 0.290. The average molecular weight is 642 g/mol. The lowest BCUT2D eigenvalue weighted by molar-refractivity contribution is -0.00321. The van der Waals surface area contributed by atoms with Crippen LogP contribution in [-0.4, -0.2) is 71.8 Å². The molecule has 0 bridgehead atoms. The van der Waals surface area contributed by atoms with Crippen LogP contribution in [0.2, 0.25) is 0 Å². The third-order valence-corrected chi connectivity index (χ3v) is 7.22. The number of rotatable bonds is 7. The number of halogens is 2. The number of aromatic nitrogens is 1. The van der Waals surface area contributed by atoms with Gasteiger partial charge in [0.05, 0.1) is 21.9 Å². The molecule has 0 radical (unpaired) electrons. The molecule has 10 heteroatoms. The summed E-state index contributed by atoms with van der Waals surface area (Å²) in [6.07, 6.45) is 1.20. The van der Waals surface area contributed by atoms with Crippen LogP contribution in [0.25, 0.3) is 0 Å². The van der Waals surface area contributed by atoms with Crippen molar-refractivity contribution in [3.8, 4) is 5.75 Å². The molecule has 1 fully saturated rings. The number of piperazine rings is 1. The number of methoxy groups -OCH3 is 1. The second kappa shape index (κ2) is 12.6. The predicted molar refractivity (Wildman–Crippen MR) is 151 cm³/mol. The Morgan fingerprint density at radius 1 is 1.24 bits per heavy atom. The molecule has 1 saturated heterocycles. The normalized spacial score (nSPS) is 17.2. The summed E-state index contributed by atoms with van der Waals surface area (Å²) >= 11 is 2.12. The van der Waals surface area contributed by atoms with E-state index in [1.807, 2.05) is 41.5 Å². The summed E-state index contributed by atoms with van der Waals surface area (Å²) in [5.41, 5.74) is 1.63. The molecule has 0 unspecified atom stereocenters. The molecule has 0 aliphatic carbocycles. The minimum Gasteiger partial charge on any atom is -0.482 e. The fourth-order valence-electron chi connectivity index (χ4n) is 4.35. The Balaban J connectivity index is 1.85. The lowest BCUT2D eigenvalue weighted by atomic mass is 10.1. The predicted octanol–water partition coefficient (Wildman–Crippen LogP) is 5.54. The Morgan fingerprint density at radius 3 is 2.53 bits per heavy atom. The van der Waals surface area contributed by atoms with Gasteiger partial charge in [0, 0.05) is 44.0 Å². The maximum atomic E-state index is 14.8. The van der Waals surface area contributed by atoms with Crippen molar-refractivity contribution in [2.45, 2.75) is 65.7 Å². The van der Waals surface area contributed by atoms with E-state index in [0.29, 0.717) is 60.7 Å². The van der Waals surface area contributed by atoms with E-state index in [4.69, 9.17) is 14.2 Å². The van der Waals surface area contributed by atoms with Crippen molar-refractivity contribution in [1.82, 2.24) is 14.8 Å². The molecular weight excluding hydrogens is 604 g/mol. The zero-order valence-electron chi connectivity index (χ0n) is 23.1. The summed E-state index contributed by atoms with van der Waals surface area (Å²) in [5.74, 6) is -0.164. The van der Waals surface area contributed by atoms with Gasteiger partial charge in [-0.15, -0.1) is 0 Å². The monoisotopic (exact) mass is 641 g/mol. The minimum atomic E-state index is -0.576. The molecule has 208 valence electrons. The van der Waals surface area contributed by atoms with Crippen LogP contribution in [0.4, 0.5) is 9.18 Å². The van der Waals surface area contributed by atoms with Gasteiger partial charge in [-0.2, -0.15) is 0 Å². The van der Waals surface area contributed by atoms with Crippen molar-refractivity contribution in [2.24, 2.45) is 0 Å². The zero-order valence-corrected chi connectivity index (χ0v) is 25.3. The SMILES string of the molecule is CCc1cnc([C@@H](CN2CCN(C(=O)OC(C)(C)C)[C@H](C)C2)Oc2cc(C)c(C(=O)OC)cc2I)cc1F. The standard InChI is InChI=1S/C28H37FIN3O5/c1-8-19-14-31-23(13-21(19)29)25(37-24-11-17(2)20(12-22(24)30)26(34)36-7)16-32-9-10-33(18(3)15-32)27(35)38-28(4,5)6/h11-14,18,25H,8-10,15-16H2,1-7H3/t18-,25-/m1/s1. The molecule has 38 heavy (non-hydrogen) atoms. The number of aryl methyl sites for hydroxylation is 2. The van der Waals surface area contributed by atoms with Crippen molar-refractivity contribution < 1.29 is 28.2 Å². The molecule has 1 aromatic heterocycles. The number of esters is 1. The van der Waals surface area contributed by atoms with E-state index in [1.165, 1.54) is 13.2 Å². The van der Waals surface area contributed by atoms with Gasteiger partial charge in [-0.3, -0.25) is 9.88 Å². The largest absolute Gasteiger partial charge is 0.482 e. The molecule has 8 nitrogen and oxygen atoms in total. The van der Waals surface area contributed by atoms with E-state index >= 15 is 0 Å². The third-order valence-electron chi connectivity index (χ3n) is 6.38. The van der Waals surface area contributed by atoms with Crippen LogP contribution in [0.3, 0.4) is 0 Å². The van der Waals surface area contributed by atoms with Crippen molar-refractivity contribution in [2.75, 3.05) is 33.3 Å². The van der Waals surface area contributed by atoms with Crippen LogP contribution in [0.1, 0.15) is 67.9 Å². The topological polar surface area (TPSA) is 81.2 Å². The summed E-state index contributed by atoms with van der Waals surface area (Å²) in [4.78, 5) is 33.2.